The third-order valence-corrected chi connectivity index (χ3v) is 5.45. The van der Waals surface area contributed by atoms with Crippen molar-refractivity contribution >= 4 is 37.6 Å². The lowest BCUT2D eigenvalue weighted by molar-refractivity contribution is -0.135. The molecule has 22 heavy (non-hydrogen) atoms. The number of carboxylic acid groups (broad SMARTS) is 1. The van der Waals surface area contributed by atoms with E-state index in [1.54, 1.807) is 0 Å². The topological polar surface area (TPSA) is 106 Å². The van der Waals surface area contributed by atoms with Gasteiger partial charge in [-0.2, -0.15) is 4.40 Å². The average Bonchev–Trinajstić information content (AvgIpc) is 2.30. The summed E-state index contributed by atoms with van der Waals surface area (Å²) in [6.07, 6.45) is 0.819. The molecule has 0 unspecified atom stereocenters. The molecule has 0 fully saturated rings. The first-order valence-corrected chi connectivity index (χ1v) is 8.50. The van der Waals surface area contributed by atoms with E-state index in [-0.39, 0.29) is 11.3 Å². The SMILES string of the molecule is Cn1cc(Br)c(C(CC(=O)O)=NS(=O)(=O)C(C)(C)C)cc1=O. The van der Waals surface area contributed by atoms with E-state index in [2.05, 4.69) is 20.3 Å². The molecule has 0 aliphatic rings. The first-order chi connectivity index (χ1) is 9.85. The van der Waals surface area contributed by atoms with Crippen molar-refractivity contribution in [2.75, 3.05) is 0 Å². The summed E-state index contributed by atoms with van der Waals surface area (Å²) in [4.78, 5) is 22.7. The number of pyridine rings is 1. The highest BCUT2D eigenvalue weighted by Crippen LogP contribution is 2.22. The van der Waals surface area contributed by atoms with Crippen LogP contribution in [0.25, 0.3) is 0 Å². The second kappa shape index (κ2) is 6.33. The Labute approximate surface area is 136 Å². The zero-order valence-electron chi connectivity index (χ0n) is 12.6. The lowest BCUT2D eigenvalue weighted by Gasteiger charge is -2.17. The third kappa shape index (κ3) is 4.26. The molecule has 122 valence electrons. The Balaban J connectivity index is 3.60. The van der Waals surface area contributed by atoms with Gasteiger partial charge < -0.3 is 9.67 Å². The zero-order valence-corrected chi connectivity index (χ0v) is 15.0. The van der Waals surface area contributed by atoms with Crippen LogP contribution in [0.4, 0.5) is 0 Å². The van der Waals surface area contributed by atoms with Crippen LogP contribution in [0.15, 0.2) is 25.9 Å². The first kappa shape index (κ1) is 18.6. The fraction of sp³-hybridized carbons (Fsp3) is 0.462. The highest BCUT2D eigenvalue weighted by molar-refractivity contribution is 9.10. The van der Waals surface area contributed by atoms with Crippen LogP contribution in [-0.2, 0) is 21.9 Å². The summed E-state index contributed by atoms with van der Waals surface area (Å²) in [5, 5.41) is 8.99. The Kier molecular flexibility index (Phi) is 5.34. The molecular formula is C13H17BrN2O5S. The average molecular weight is 393 g/mol. The normalized spacial score (nSPS) is 13.2. The number of aromatic nitrogens is 1. The molecule has 1 rings (SSSR count). The minimum atomic E-state index is -3.94. The van der Waals surface area contributed by atoms with Gasteiger partial charge in [0.1, 0.15) is 0 Å². The van der Waals surface area contributed by atoms with Crippen molar-refractivity contribution in [2.24, 2.45) is 11.4 Å². The molecule has 0 spiro atoms. The standard InChI is InChI=1S/C13H17BrN2O5S/c1-13(2,3)22(20,21)15-10(6-12(18)19)8-5-11(17)16(4)7-9(8)14/h5,7H,6H2,1-4H3,(H,18,19). The van der Waals surface area contributed by atoms with Crippen molar-refractivity contribution in [3.63, 3.8) is 0 Å². The van der Waals surface area contributed by atoms with Crippen molar-refractivity contribution in [2.45, 2.75) is 31.9 Å². The molecule has 1 aromatic heterocycles. The number of rotatable bonds is 4. The van der Waals surface area contributed by atoms with Crippen LogP contribution in [-0.4, -0.2) is 34.5 Å². The number of halogens is 1. The van der Waals surface area contributed by atoms with Crippen LogP contribution >= 0.6 is 15.9 Å². The van der Waals surface area contributed by atoms with Crippen LogP contribution in [0.2, 0.25) is 0 Å². The summed E-state index contributed by atoms with van der Waals surface area (Å²) in [6, 6.07) is 1.16. The van der Waals surface area contributed by atoms with Crippen molar-refractivity contribution in [1.82, 2.24) is 4.57 Å². The number of aryl methyl sites for hydroxylation is 1. The van der Waals surface area contributed by atoms with Gasteiger partial charge in [0, 0.05) is 29.3 Å². The Hall–Kier alpha value is -1.48. The summed E-state index contributed by atoms with van der Waals surface area (Å²) < 4.78 is 28.5. The first-order valence-electron chi connectivity index (χ1n) is 6.27. The molecular weight excluding hydrogens is 376 g/mol. The van der Waals surface area contributed by atoms with Gasteiger partial charge in [0.15, 0.2) is 0 Å². The predicted molar refractivity (Wildman–Crippen MR) is 86.8 cm³/mol. The van der Waals surface area contributed by atoms with E-state index in [0.717, 1.165) is 6.07 Å². The number of aliphatic carboxylic acids is 1. The molecule has 0 bridgehead atoms. The second-order valence-corrected chi connectivity index (χ2v) is 8.89. The van der Waals surface area contributed by atoms with E-state index in [1.807, 2.05) is 0 Å². The number of hydrogen-bond donors (Lipinski definition) is 1. The largest absolute Gasteiger partial charge is 0.481 e. The van der Waals surface area contributed by atoms with Gasteiger partial charge in [-0.1, -0.05) is 0 Å². The van der Waals surface area contributed by atoms with E-state index < -0.39 is 32.7 Å². The number of carboxylic acids is 1. The van der Waals surface area contributed by atoms with E-state index >= 15 is 0 Å². The van der Waals surface area contributed by atoms with Gasteiger partial charge in [-0.15, -0.1) is 0 Å². The maximum Gasteiger partial charge on any atom is 0.309 e. The molecule has 0 aliphatic heterocycles. The Morgan fingerprint density at radius 1 is 1.41 bits per heavy atom. The molecule has 0 amide bonds. The lowest BCUT2D eigenvalue weighted by atomic mass is 10.1. The Morgan fingerprint density at radius 3 is 2.41 bits per heavy atom. The quantitative estimate of drug-likeness (QED) is 0.782. The van der Waals surface area contributed by atoms with Crippen molar-refractivity contribution in [3.05, 3.63) is 32.7 Å². The Bertz CT molecular complexity index is 788. The molecule has 0 atom stereocenters. The van der Waals surface area contributed by atoms with Crippen LogP contribution in [0.5, 0.6) is 0 Å². The van der Waals surface area contributed by atoms with Gasteiger partial charge in [0.05, 0.1) is 16.9 Å². The van der Waals surface area contributed by atoms with Crippen LogP contribution in [0.1, 0.15) is 32.8 Å². The number of nitrogens with zero attached hydrogens (tertiary/aromatic N) is 2. The van der Waals surface area contributed by atoms with Gasteiger partial charge in [-0.05, 0) is 36.7 Å². The van der Waals surface area contributed by atoms with Gasteiger partial charge in [-0.3, -0.25) is 9.59 Å². The molecule has 0 saturated carbocycles. The van der Waals surface area contributed by atoms with Crippen molar-refractivity contribution in [3.8, 4) is 0 Å². The number of sulfonamides is 1. The molecule has 0 aromatic carbocycles. The van der Waals surface area contributed by atoms with Gasteiger partial charge in [-0.25, -0.2) is 8.42 Å². The summed E-state index contributed by atoms with van der Waals surface area (Å²) in [7, 11) is -2.41. The smallest absolute Gasteiger partial charge is 0.309 e. The second-order valence-electron chi connectivity index (χ2n) is 5.68. The summed E-state index contributed by atoms with van der Waals surface area (Å²) in [5.74, 6) is -1.24. The molecule has 1 N–H and O–H groups in total. The van der Waals surface area contributed by atoms with E-state index in [9.17, 15) is 18.0 Å². The van der Waals surface area contributed by atoms with E-state index in [0.29, 0.717) is 4.47 Å². The molecule has 0 aliphatic carbocycles. The van der Waals surface area contributed by atoms with Crippen LogP contribution < -0.4 is 5.56 Å². The summed E-state index contributed by atoms with van der Waals surface area (Å²) in [6.45, 7) is 4.38. The van der Waals surface area contributed by atoms with Gasteiger partial charge >= 0.3 is 5.97 Å². The minimum Gasteiger partial charge on any atom is -0.481 e. The molecule has 1 aromatic rings. The van der Waals surface area contributed by atoms with E-state index in [4.69, 9.17) is 5.11 Å². The molecule has 0 radical (unpaired) electrons. The fourth-order valence-corrected chi connectivity index (χ4v) is 2.80. The highest BCUT2D eigenvalue weighted by atomic mass is 79.9. The third-order valence-electron chi connectivity index (χ3n) is 2.81. The fourth-order valence-electron chi connectivity index (χ4n) is 1.42. The maximum absolute atomic E-state index is 12.2. The van der Waals surface area contributed by atoms with Crippen molar-refractivity contribution < 1.29 is 18.3 Å². The van der Waals surface area contributed by atoms with Crippen molar-refractivity contribution in [1.29, 1.82) is 0 Å². The predicted octanol–water partition coefficient (Wildman–Crippen LogP) is 1.54. The van der Waals surface area contributed by atoms with Gasteiger partial charge in [0.2, 0.25) is 0 Å². The summed E-state index contributed by atoms with van der Waals surface area (Å²) >= 11 is 3.20. The van der Waals surface area contributed by atoms with Gasteiger partial charge in [0.25, 0.3) is 15.6 Å². The zero-order chi connectivity index (χ0) is 17.3. The number of hydrogen-bond acceptors (Lipinski definition) is 4. The Morgan fingerprint density at radius 2 is 1.95 bits per heavy atom. The monoisotopic (exact) mass is 392 g/mol. The lowest BCUT2D eigenvalue weighted by Crippen LogP contribution is -2.28. The van der Waals surface area contributed by atoms with Crippen LogP contribution in [0, 0.1) is 0 Å². The summed E-state index contributed by atoms with van der Waals surface area (Å²) in [5.41, 5.74) is -0.435. The molecule has 0 saturated heterocycles. The van der Waals surface area contributed by atoms with Crippen LogP contribution in [0.3, 0.4) is 0 Å². The molecule has 1 heterocycles. The maximum atomic E-state index is 12.2. The number of carbonyl (C=O) groups is 1. The van der Waals surface area contributed by atoms with E-state index in [1.165, 1.54) is 38.6 Å². The molecule has 7 nitrogen and oxygen atoms in total. The minimum absolute atomic E-state index is 0.151. The highest BCUT2D eigenvalue weighted by Gasteiger charge is 2.30. The molecule has 9 heteroatoms.